The number of ether oxygens (including phenoxy) is 1. The van der Waals surface area contributed by atoms with Crippen molar-refractivity contribution in [1.82, 2.24) is 19.7 Å². The van der Waals surface area contributed by atoms with Gasteiger partial charge in [-0.1, -0.05) is 16.8 Å². The van der Waals surface area contributed by atoms with E-state index >= 15 is 0 Å². The van der Waals surface area contributed by atoms with E-state index < -0.39 is 0 Å². The highest BCUT2D eigenvalue weighted by molar-refractivity contribution is 6.30. The molecule has 7 heteroatoms. The highest BCUT2D eigenvalue weighted by Crippen LogP contribution is 2.24. The van der Waals surface area contributed by atoms with E-state index in [4.69, 9.17) is 20.9 Å². The lowest BCUT2D eigenvalue weighted by Crippen LogP contribution is -2.10. The van der Waals surface area contributed by atoms with Crippen molar-refractivity contribution in [2.45, 2.75) is 25.3 Å². The van der Waals surface area contributed by atoms with Gasteiger partial charge in [0.25, 0.3) is 0 Å². The molecule has 1 aliphatic rings. The number of aryl methyl sites for hydroxylation is 2. The minimum absolute atomic E-state index is 0.382. The number of hydrogen-bond acceptors (Lipinski definition) is 5. The molecule has 4 rings (SSSR count). The van der Waals surface area contributed by atoms with Crippen LogP contribution in [0.2, 0.25) is 5.02 Å². The second kappa shape index (κ2) is 6.75. The smallest absolute Gasteiger partial charge is 0.228 e. The van der Waals surface area contributed by atoms with Crippen molar-refractivity contribution in [2.24, 2.45) is 0 Å². The van der Waals surface area contributed by atoms with Gasteiger partial charge < -0.3 is 13.8 Å². The number of hydrogen-bond donors (Lipinski definition) is 0. The van der Waals surface area contributed by atoms with Crippen LogP contribution in [-0.2, 0) is 17.7 Å². The Hall–Kier alpha value is -2.18. The van der Waals surface area contributed by atoms with Gasteiger partial charge in [0, 0.05) is 48.5 Å². The van der Waals surface area contributed by atoms with E-state index in [0.29, 0.717) is 29.1 Å². The summed E-state index contributed by atoms with van der Waals surface area (Å²) in [5, 5.41) is 4.73. The van der Waals surface area contributed by atoms with Crippen LogP contribution in [0.1, 0.15) is 24.1 Å². The van der Waals surface area contributed by atoms with Crippen LogP contribution in [0.15, 0.2) is 41.2 Å². The Labute approximate surface area is 144 Å². The standard InChI is InChI=1S/C17H17ClN4O2/c18-14-3-1-12(2-4-14)16-20-15(24-21-16)5-8-22-9-7-19-17(22)13-6-10-23-11-13/h1-4,7,9,13H,5-6,8,10-11H2. The molecular formula is C17H17ClN4O2. The summed E-state index contributed by atoms with van der Waals surface area (Å²) in [6.07, 6.45) is 5.51. The Kier molecular flexibility index (Phi) is 4.32. The fraction of sp³-hybridized carbons (Fsp3) is 0.353. The van der Waals surface area contributed by atoms with Crippen LogP contribution in [0.25, 0.3) is 11.4 Å². The zero-order chi connectivity index (χ0) is 16.4. The molecule has 0 radical (unpaired) electrons. The summed E-state index contributed by atoms with van der Waals surface area (Å²) in [6.45, 7) is 2.32. The third-order valence-electron chi connectivity index (χ3n) is 4.18. The molecule has 1 unspecified atom stereocenters. The second-order valence-corrected chi connectivity index (χ2v) is 6.24. The van der Waals surface area contributed by atoms with Gasteiger partial charge in [-0.3, -0.25) is 0 Å². The van der Waals surface area contributed by atoms with Crippen molar-refractivity contribution >= 4 is 11.6 Å². The van der Waals surface area contributed by atoms with Gasteiger partial charge in [0.2, 0.25) is 11.7 Å². The third-order valence-corrected chi connectivity index (χ3v) is 4.43. The third kappa shape index (κ3) is 3.20. The molecule has 124 valence electrons. The molecule has 24 heavy (non-hydrogen) atoms. The number of halogens is 1. The first-order valence-electron chi connectivity index (χ1n) is 7.97. The summed E-state index contributed by atoms with van der Waals surface area (Å²) in [5.41, 5.74) is 0.890. The SMILES string of the molecule is Clc1ccc(-c2noc(CCn3ccnc3C3CCOC3)n2)cc1. The summed E-state index contributed by atoms with van der Waals surface area (Å²) in [7, 11) is 0. The van der Waals surface area contributed by atoms with Gasteiger partial charge in [0.15, 0.2) is 0 Å². The van der Waals surface area contributed by atoms with Crippen LogP contribution in [0.5, 0.6) is 0 Å². The summed E-state index contributed by atoms with van der Waals surface area (Å²) in [6, 6.07) is 7.39. The van der Waals surface area contributed by atoms with Crippen molar-refractivity contribution in [3.8, 4) is 11.4 Å². The van der Waals surface area contributed by atoms with Gasteiger partial charge in [0.05, 0.1) is 6.61 Å². The van der Waals surface area contributed by atoms with Gasteiger partial charge in [0.1, 0.15) is 5.82 Å². The normalized spacial score (nSPS) is 17.5. The predicted molar refractivity (Wildman–Crippen MR) is 88.9 cm³/mol. The molecule has 2 aromatic heterocycles. The molecule has 0 N–H and O–H groups in total. The molecular weight excluding hydrogens is 328 g/mol. The van der Waals surface area contributed by atoms with Crippen LogP contribution in [0, 0.1) is 0 Å². The number of imidazole rings is 1. The monoisotopic (exact) mass is 344 g/mol. The van der Waals surface area contributed by atoms with Crippen LogP contribution in [0.3, 0.4) is 0 Å². The molecule has 0 aliphatic carbocycles. The highest BCUT2D eigenvalue weighted by Gasteiger charge is 2.22. The first-order chi connectivity index (χ1) is 11.8. The average Bonchev–Trinajstić information content (AvgIpc) is 3.34. The lowest BCUT2D eigenvalue weighted by Gasteiger charge is -2.10. The maximum atomic E-state index is 5.90. The summed E-state index contributed by atoms with van der Waals surface area (Å²) < 4.78 is 13.0. The number of rotatable bonds is 5. The quantitative estimate of drug-likeness (QED) is 0.710. The van der Waals surface area contributed by atoms with E-state index in [0.717, 1.165) is 37.6 Å². The number of aromatic nitrogens is 4. The molecule has 3 aromatic rings. The van der Waals surface area contributed by atoms with Crippen LogP contribution in [0.4, 0.5) is 0 Å². The molecule has 3 heterocycles. The first kappa shape index (κ1) is 15.4. The van der Waals surface area contributed by atoms with Gasteiger partial charge in [-0.25, -0.2) is 4.98 Å². The number of nitrogens with zero attached hydrogens (tertiary/aromatic N) is 4. The Bertz CT molecular complexity index is 806. The molecule has 1 aliphatic heterocycles. The zero-order valence-electron chi connectivity index (χ0n) is 13.1. The molecule has 0 saturated carbocycles. The van der Waals surface area contributed by atoms with Crippen molar-refractivity contribution in [3.63, 3.8) is 0 Å². The fourth-order valence-corrected chi connectivity index (χ4v) is 3.02. The zero-order valence-corrected chi connectivity index (χ0v) is 13.8. The van der Waals surface area contributed by atoms with Crippen molar-refractivity contribution in [2.75, 3.05) is 13.2 Å². The Morgan fingerprint density at radius 2 is 2.12 bits per heavy atom. The molecule has 1 saturated heterocycles. The minimum Gasteiger partial charge on any atom is -0.381 e. The van der Waals surface area contributed by atoms with E-state index in [1.54, 1.807) is 0 Å². The molecule has 1 aromatic carbocycles. The van der Waals surface area contributed by atoms with Crippen molar-refractivity contribution in [3.05, 3.63) is 53.4 Å². The minimum atomic E-state index is 0.382. The lowest BCUT2D eigenvalue weighted by molar-refractivity contribution is 0.192. The largest absolute Gasteiger partial charge is 0.381 e. The van der Waals surface area contributed by atoms with Crippen LogP contribution < -0.4 is 0 Å². The highest BCUT2D eigenvalue weighted by atomic mass is 35.5. The second-order valence-electron chi connectivity index (χ2n) is 5.81. The van der Waals surface area contributed by atoms with Gasteiger partial charge in [-0.2, -0.15) is 4.98 Å². The Morgan fingerprint density at radius 1 is 1.25 bits per heavy atom. The Morgan fingerprint density at radius 3 is 2.92 bits per heavy atom. The lowest BCUT2D eigenvalue weighted by atomic mass is 10.1. The molecule has 0 spiro atoms. The van der Waals surface area contributed by atoms with E-state index in [2.05, 4.69) is 19.7 Å². The molecule has 0 bridgehead atoms. The van der Waals surface area contributed by atoms with E-state index in [1.165, 1.54) is 0 Å². The summed E-state index contributed by atoms with van der Waals surface area (Å²) >= 11 is 5.90. The number of benzene rings is 1. The van der Waals surface area contributed by atoms with E-state index in [-0.39, 0.29) is 0 Å². The van der Waals surface area contributed by atoms with Crippen LogP contribution in [-0.4, -0.2) is 32.9 Å². The molecule has 0 amide bonds. The summed E-state index contributed by atoms with van der Waals surface area (Å²) in [5.74, 6) is 2.65. The molecule has 1 fully saturated rings. The maximum absolute atomic E-state index is 5.90. The Balaban J connectivity index is 1.44. The fourth-order valence-electron chi connectivity index (χ4n) is 2.90. The summed E-state index contributed by atoms with van der Waals surface area (Å²) in [4.78, 5) is 8.93. The maximum Gasteiger partial charge on any atom is 0.228 e. The van der Waals surface area contributed by atoms with E-state index in [1.807, 2.05) is 36.7 Å². The van der Waals surface area contributed by atoms with Crippen molar-refractivity contribution in [1.29, 1.82) is 0 Å². The van der Waals surface area contributed by atoms with Crippen molar-refractivity contribution < 1.29 is 9.26 Å². The van der Waals surface area contributed by atoms with E-state index in [9.17, 15) is 0 Å². The van der Waals surface area contributed by atoms with Gasteiger partial charge >= 0.3 is 0 Å². The molecule has 1 atom stereocenters. The van der Waals surface area contributed by atoms with Gasteiger partial charge in [-0.05, 0) is 30.7 Å². The topological polar surface area (TPSA) is 66.0 Å². The molecule has 6 nitrogen and oxygen atoms in total. The van der Waals surface area contributed by atoms with Crippen LogP contribution >= 0.6 is 11.6 Å². The predicted octanol–water partition coefficient (Wildman–Crippen LogP) is 3.33. The first-order valence-corrected chi connectivity index (χ1v) is 8.35. The van der Waals surface area contributed by atoms with Gasteiger partial charge in [-0.15, -0.1) is 0 Å². The average molecular weight is 345 g/mol.